The van der Waals surface area contributed by atoms with E-state index in [4.69, 9.17) is 0 Å². The topological polar surface area (TPSA) is 34.0 Å². The Kier molecular flexibility index (Phi) is 3.57. The summed E-state index contributed by atoms with van der Waals surface area (Å²) < 4.78 is 2.69. The SMILES string of the molecule is Cc1cc(C)cc(NC(=O)c2cc(Br)cn2C)c1. The number of hydrogen-bond acceptors (Lipinski definition) is 1. The van der Waals surface area contributed by atoms with Crippen molar-refractivity contribution < 1.29 is 4.79 Å². The third-order valence-electron chi connectivity index (χ3n) is 2.68. The molecule has 0 aliphatic rings. The fourth-order valence-electron chi connectivity index (χ4n) is 1.99. The van der Waals surface area contributed by atoms with Crippen molar-refractivity contribution in [2.75, 3.05) is 5.32 Å². The number of nitrogens with one attached hydrogen (secondary N) is 1. The van der Waals surface area contributed by atoms with Gasteiger partial charge in [-0.25, -0.2) is 0 Å². The summed E-state index contributed by atoms with van der Waals surface area (Å²) in [7, 11) is 1.85. The molecule has 1 N–H and O–H groups in total. The lowest BCUT2D eigenvalue weighted by molar-refractivity contribution is 0.101. The van der Waals surface area contributed by atoms with Gasteiger partial charge in [-0.2, -0.15) is 0 Å². The van der Waals surface area contributed by atoms with Crippen molar-refractivity contribution in [3.8, 4) is 0 Å². The number of carbonyl (C=O) groups excluding carboxylic acids is 1. The first-order valence-electron chi connectivity index (χ1n) is 5.67. The predicted molar refractivity (Wildman–Crippen MR) is 77.0 cm³/mol. The summed E-state index contributed by atoms with van der Waals surface area (Å²) in [5.74, 6) is -0.104. The second kappa shape index (κ2) is 4.98. The number of aryl methyl sites for hydroxylation is 3. The highest BCUT2D eigenvalue weighted by atomic mass is 79.9. The van der Waals surface area contributed by atoms with Gasteiger partial charge in [0.2, 0.25) is 0 Å². The Morgan fingerprint density at radius 2 is 1.78 bits per heavy atom. The van der Waals surface area contributed by atoms with E-state index in [9.17, 15) is 4.79 Å². The van der Waals surface area contributed by atoms with E-state index in [2.05, 4.69) is 27.3 Å². The highest BCUT2D eigenvalue weighted by molar-refractivity contribution is 9.10. The molecule has 1 amide bonds. The van der Waals surface area contributed by atoms with Crippen molar-refractivity contribution >= 4 is 27.5 Å². The van der Waals surface area contributed by atoms with Crippen LogP contribution >= 0.6 is 15.9 Å². The molecule has 3 nitrogen and oxygen atoms in total. The Labute approximate surface area is 115 Å². The monoisotopic (exact) mass is 306 g/mol. The van der Waals surface area contributed by atoms with Crippen LogP contribution in [-0.4, -0.2) is 10.5 Å². The van der Waals surface area contributed by atoms with Crippen LogP contribution in [0.25, 0.3) is 0 Å². The van der Waals surface area contributed by atoms with Crippen molar-refractivity contribution in [2.24, 2.45) is 7.05 Å². The number of nitrogens with zero attached hydrogens (tertiary/aromatic N) is 1. The van der Waals surface area contributed by atoms with E-state index in [-0.39, 0.29) is 5.91 Å². The molecule has 0 bridgehead atoms. The van der Waals surface area contributed by atoms with Gasteiger partial charge in [-0.3, -0.25) is 4.79 Å². The standard InChI is InChI=1S/C14H15BrN2O/c1-9-4-10(2)6-12(5-9)16-14(18)13-7-11(15)8-17(13)3/h4-8H,1-3H3,(H,16,18). The van der Waals surface area contributed by atoms with Crippen LogP contribution in [0.4, 0.5) is 5.69 Å². The van der Waals surface area contributed by atoms with Gasteiger partial charge in [-0.15, -0.1) is 0 Å². The number of amides is 1. The molecule has 18 heavy (non-hydrogen) atoms. The van der Waals surface area contributed by atoms with Crippen LogP contribution in [0, 0.1) is 13.8 Å². The molecule has 1 aromatic heterocycles. The number of hydrogen-bond donors (Lipinski definition) is 1. The number of anilines is 1. The quantitative estimate of drug-likeness (QED) is 0.902. The Morgan fingerprint density at radius 3 is 2.28 bits per heavy atom. The van der Waals surface area contributed by atoms with Gasteiger partial charge in [0.05, 0.1) is 0 Å². The first-order chi connectivity index (χ1) is 8.45. The lowest BCUT2D eigenvalue weighted by Gasteiger charge is -2.08. The van der Waals surface area contributed by atoms with Crippen LogP contribution in [0.3, 0.4) is 0 Å². The summed E-state index contributed by atoms with van der Waals surface area (Å²) in [6, 6.07) is 7.80. The summed E-state index contributed by atoms with van der Waals surface area (Å²) in [5.41, 5.74) is 3.73. The van der Waals surface area contributed by atoms with Crippen LogP contribution in [0.15, 0.2) is 34.9 Å². The fraction of sp³-hybridized carbons (Fsp3) is 0.214. The fourth-order valence-corrected chi connectivity index (χ4v) is 2.52. The first-order valence-corrected chi connectivity index (χ1v) is 6.46. The molecule has 0 atom stereocenters. The summed E-state index contributed by atoms with van der Waals surface area (Å²) in [6.07, 6.45) is 1.86. The summed E-state index contributed by atoms with van der Waals surface area (Å²) >= 11 is 3.36. The second-order valence-corrected chi connectivity index (χ2v) is 5.40. The average Bonchev–Trinajstić information content (AvgIpc) is 2.56. The largest absolute Gasteiger partial charge is 0.345 e. The van der Waals surface area contributed by atoms with Gasteiger partial charge in [0.25, 0.3) is 5.91 Å². The van der Waals surface area contributed by atoms with Crippen molar-refractivity contribution in [3.05, 3.63) is 51.8 Å². The highest BCUT2D eigenvalue weighted by Gasteiger charge is 2.11. The Bertz CT molecular complexity index is 582. The van der Waals surface area contributed by atoms with Gasteiger partial charge in [0, 0.05) is 23.4 Å². The molecule has 0 aliphatic heterocycles. The normalized spacial score (nSPS) is 10.4. The maximum atomic E-state index is 12.1. The average molecular weight is 307 g/mol. The molecule has 1 aromatic carbocycles. The molecule has 2 rings (SSSR count). The predicted octanol–water partition coefficient (Wildman–Crippen LogP) is 3.66. The zero-order chi connectivity index (χ0) is 13.3. The Hall–Kier alpha value is -1.55. The van der Waals surface area contributed by atoms with Crippen molar-refractivity contribution in [3.63, 3.8) is 0 Å². The van der Waals surface area contributed by atoms with Crippen LogP contribution in [-0.2, 0) is 7.05 Å². The van der Waals surface area contributed by atoms with Crippen molar-refractivity contribution in [1.29, 1.82) is 0 Å². The first kappa shape index (κ1) is 12.9. The molecule has 0 radical (unpaired) electrons. The molecule has 0 saturated carbocycles. The number of rotatable bonds is 2. The maximum Gasteiger partial charge on any atom is 0.272 e. The third-order valence-corrected chi connectivity index (χ3v) is 3.12. The van der Waals surface area contributed by atoms with Gasteiger partial charge >= 0.3 is 0 Å². The molecule has 0 fully saturated rings. The third kappa shape index (κ3) is 2.82. The number of carbonyl (C=O) groups is 1. The number of aromatic nitrogens is 1. The van der Waals surface area contributed by atoms with Crippen LogP contribution in [0.2, 0.25) is 0 Å². The van der Waals surface area contributed by atoms with Gasteiger partial charge < -0.3 is 9.88 Å². The molecule has 94 valence electrons. The van der Waals surface area contributed by atoms with Crippen LogP contribution < -0.4 is 5.32 Å². The van der Waals surface area contributed by atoms with E-state index < -0.39 is 0 Å². The minimum Gasteiger partial charge on any atom is -0.345 e. The van der Waals surface area contributed by atoms with E-state index in [0.29, 0.717) is 5.69 Å². The van der Waals surface area contributed by atoms with E-state index >= 15 is 0 Å². The summed E-state index contributed by atoms with van der Waals surface area (Å²) in [5, 5.41) is 2.91. The molecule has 0 spiro atoms. The lowest BCUT2D eigenvalue weighted by atomic mass is 10.1. The van der Waals surface area contributed by atoms with Crippen molar-refractivity contribution in [1.82, 2.24) is 4.57 Å². The number of halogens is 1. The maximum absolute atomic E-state index is 12.1. The van der Waals surface area contributed by atoms with Gasteiger partial charge in [0.1, 0.15) is 5.69 Å². The molecular weight excluding hydrogens is 292 g/mol. The molecule has 2 aromatic rings. The molecule has 1 heterocycles. The van der Waals surface area contributed by atoms with E-state index in [0.717, 1.165) is 21.3 Å². The van der Waals surface area contributed by atoms with E-state index in [1.54, 1.807) is 10.6 Å². The van der Waals surface area contributed by atoms with Crippen LogP contribution in [0.5, 0.6) is 0 Å². The smallest absolute Gasteiger partial charge is 0.272 e. The summed E-state index contributed by atoms with van der Waals surface area (Å²) in [4.78, 5) is 12.1. The zero-order valence-electron chi connectivity index (χ0n) is 10.6. The molecule has 4 heteroatoms. The Morgan fingerprint density at radius 1 is 1.17 bits per heavy atom. The van der Waals surface area contributed by atoms with Gasteiger partial charge in [-0.05, 0) is 59.1 Å². The lowest BCUT2D eigenvalue weighted by Crippen LogP contribution is -2.15. The van der Waals surface area contributed by atoms with E-state index in [1.165, 1.54) is 0 Å². The van der Waals surface area contributed by atoms with Gasteiger partial charge in [0.15, 0.2) is 0 Å². The number of benzene rings is 1. The molecular formula is C14H15BrN2O. The molecule has 0 unspecified atom stereocenters. The van der Waals surface area contributed by atoms with Crippen LogP contribution in [0.1, 0.15) is 21.6 Å². The minimum atomic E-state index is -0.104. The Balaban J connectivity index is 2.23. The van der Waals surface area contributed by atoms with Gasteiger partial charge in [-0.1, -0.05) is 6.07 Å². The minimum absolute atomic E-state index is 0.104. The van der Waals surface area contributed by atoms with Crippen molar-refractivity contribution in [2.45, 2.75) is 13.8 Å². The molecule has 0 saturated heterocycles. The second-order valence-electron chi connectivity index (χ2n) is 4.48. The molecule has 0 aliphatic carbocycles. The zero-order valence-corrected chi connectivity index (χ0v) is 12.2. The van der Waals surface area contributed by atoms with E-state index in [1.807, 2.05) is 39.2 Å². The summed E-state index contributed by atoms with van der Waals surface area (Å²) in [6.45, 7) is 4.03. The highest BCUT2D eigenvalue weighted by Crippen LogP contribution is 2.17.